The van der Waals surface area contributed by atoms with Gasteiger partial charge in [0.1, 0.15) is 13.0 Å². The third kappa shape index (κ3) is 5.99. The molecule has 7 heteroatoms. The number of imide groups is 1. The fourth-order valence-electron chi connectivity index (χ4n) is 1.80. The molecule has 0 aliphatic carbocycles. The van der Waals surface area contributed by atoms with Gasteiger partial charge in [-0.05, 0) is 18.6 Å². The Balaban J connectivity index is 2.44. The Labute approximate surface area is 134 Å². The number of hydrogen-bond acceptors (Lipinski definition) is 6. The number of hydrogen-bond donors (Lipinski definition) is 0. The number of Topliss-reactive ketones (excluding diaryl/α,β-unsaturated/α-hetero) is 1. The first-order valence-corrected chi connectivity index (χ1v) is 6.97. The molecule has 0 aromatic heterocycles. The van der Waals surface area contributed by atoms with Crippen molar-refractivity contribution in [1.82, 2.24) is 4.90 Å². The summed E-state index contributed by atoms with van der Waals surface area (Å²) in [6, 6.07) is 6.92. The number of ketones is 1. The highest BCUT2D eigenvalue weighted by Crippen LogP contribution is 2.09. The number of carbonyl (C=O) groups excluding carboxylic acids is 4. The lowest BCUT2D eigenvalue weighted by molar-refractivity contribution is -0.144. The molecule has 1 aromatic carbocycles. The topological polar surface area (TPSA) is 90.0 Å². The molecule has 0 aliphatic rings. The molecule has 1 aromatic rings. The maximum absolute atomic E-state index is 12.2. The van der Waals surface area contributed by atoms with Gasteiger partial charge in [-0.15, -0.1) is 0 Å². The van der Waals surface area contributed by atoms with Crippen LogP contribution in [0.2, 0.25) is 0 Å². The summed E-state index contributed by atoms with van der Waals surface area (Å²) in [5.41, 5.74) is 1.19. The van der Waals surface area contributed by atoms with Gasteiger partial charge in [-0.1, -0.05) is 18.2 Å². The highest BCUT2D eigenvalue weighted by atomic mass is 16.5. The number of esters is 1. The van der Waals surface area contributed by atoms with Gasteiger partial charge < -0.3 is 9.47 Å². The van der Waals surface area contributed by atoms with Crippen molar-refractivity contribution in [3.05, 3.63) is 35.4 Å². The van der Waals surface area contributed by atoms with Crippen LogP contribution < -0.4 is 0 Å². The normalized spacial score (nSPS) is 10.0. The van der Waals surface area contributed by atoms with Crippen molar-refractivity contribution in [2.24, 2.45) is 0 Å². The summed E-state index contributed by atoms with van der Waals surface area (Å²) in [4.78, 5) is 46.5. The zero-order chi connectivity index (χ0) is 17.2. The molecule has 0 bridgehead atoms. The maximum Gasteiger partial charge on any atom is 0.313 e. The highest BCUT2D eigenvalue weighted by molar-refractivity contribution is 6.01. The molecule has 7 nitrogen and oxygen atoms in total. The Morgan fingerprint density at radius 1 is 1.22 bits per heavy atom. The smallest absolute Gasteiger partial charge is 0.313 e. The van der Waals surface area contributed by atoms with Gasteiger partial charge in [-0.2, -0.15) is 0 Å². The number of amides is 2. The summed E-state index contributed by atoms with van der Waals surface area (Å²) < 4.78 is 9.44. The number of rotatable bonds is 9. The van der Waals surface area contributed by atoms with Crippen LogP contribution in [0.4, 0.5) is 0 Å². The maximum atomic E-state index is 12.2. The van der Waals surface area contributed by atoms with Crippen LogP contribution in [-0.2, 0) is 23.9 Å². The van der Waals surface area contributed by atoms with Crippen LogP contribution in [0.1, 0.15) is 22.3 Å². The Morgan fingerprint density at radius 3 is 2.52 bits per heavy atom. The molecule has 23 heavy (non-hydrogen) atoms. The lowest BCUT2D eigenvalue weighted by Gasteiger charge is -2.16. The first-order valence-electron chi connectivity index (χ1n) is 6.97. The number of benzene rings is 1. The Hall–Kier alpha value is -2.54. The summed E-state index contributed by atoms with van der Waals surface area (Å²) in [5.74, 6) is -1.50. The lowest BCUT2D eigenvalue weighted by atomic mass is 10.1. The van der Waals surface area contributed by atoms with Crippen molar-refractivity contribution >= 4 is 24.1 Å². The van der Waals surface area contributed by atoms with Gasteiger partial charge in [0.25, 0.3) is 5.91 Å². The average molecular weight is 321 g/mol. The van der Waals surface area contributed by atoms with Crippen LogP contribution in [0.25, 0.3) is 0 Å². The average Bonchev–Trinajstić information content (AvgIpc) is 2.54. The molecule has 0 N–H and O–H groups in total. The minimum Gasteiger partial charge on any atom is -0.469 e. The monoisotopic (exact) mass is 321 g/mol. The molecular formula is C16H19NO6. The number of methoxy groups -OCH3 is 1. The third-order valence-electron chi connectivity index (χ3n) is 3.07. The van der Waals surface area contributed by atoms with Gasteiger partial charge in [-0.3, -0.25) is 24.1 Å². The predicted molar refractivity (Wildman–Crippen MR) is 80.7 cm³/mol. The van der Waals surface area contributed by atoms with Gasteiger partial charge in [0.2, 0.25) is 6.41 Å². The van der Waals surface area contributed by atoms with E-state index in [9.17, 15) is 19.2 Å². The van der Waals surface area contributed by atoms with E-state index in [0.29, 0.717) is 12.0 Å². The van der Waals surface area contributed by atoms with Crippen LogP contribution in [0.15, 0.2) is 24.3 Å². The molecule has 1 rings (SSSR count). The summed E-state index contributed by atoms with van der Waals surface area (Å²) >= 11 is 0. The number of nitrogens with zero attached hydrogens (tertiary/aromatic N) is 1. The summed E-state index contributed by atoms with van der Waals surface area (Å²) in [6.45, 7) is 1.52. The lowest BCUT2D eigenvalue weighted by Crippen LogP contribution is -2.33. The number of carbonyl (C=O) groups is 4. The van der Waals surface area contributed by atoms with Gasteiger partial charge in [-0.25, -0.2) is 0 Å². The van der Waals surface area contributed by atoms with Crippen molar-refractivity contribution in [3.8, 4) is 0 Å². The third-order valence-corrected chi connectivity index (χ3v) is 3.07. The zero-order valence-electron chi connectivity index (χ0n) is 13.1. The van der Waals surface area contributed by atoms with Crippen LogP contribution in [0.5, 0.6) is 0 Å². The van der Waals surface area contributed by atoms with Crippen molar-refractivity contribution < 1.29 is 28.7 Å². The Kier molecular flexibility index (Phi) is 7.62. The molecule has 0 heterocycles. The van der Waals surface area contributed by atoms with Crippen LogP contribution in [0, 0.1) is 6.92 Å². The van der Waals surface area contributed by atoms with E-state index in [1.165, 1.54) is 7.11 Å². The molecular weight excluding hydrogens is 302 g/mol. The minimum atomic E-state index is -0.636. The predicted octanol–water partition coefficient (Wildman–Crippen LogP) is 0.742. The van der Waals surface area contributed by atoms with Crippen molar-refractivity contribution in [2.45, 2.75) is 13.3 Å². The molecule has 0 atom stereocenters. The van der Waals surface area contributed by atoms with Crippen LogP contribution >= 0.6 is 0 Å². The minimum absolute atomic E-state index is 0.00325. The van der Waals surface area contributed by atoms with Gasteiger partial charge in [0.15, 0.2) is 5.78 Å². The van der Waals surface area contributed by atoms with Gasteiger partial charge >= 0.3 is 5.97 Å². The summed E-state index contributed by atoms with van der Waals surface area (Å²) in [6.07, 6.45) is 0.0600. The van der Waals surface area contributed by atoms with E-state index in [4.69, 9.17) is 4.74 Å². The molecule has 124 valence electrons. The second-order valence-electron chi connectivity index (χ2n) is 4.76. The van der Waals surface area contributed by atoms with E-state index in [-0.39, 0.29) is 26.2 Å². The molecule has 0 unspecified atom stereocenters. The molecule has 0 spiro atoms. The first-order chi connectivity index (χ1) is 11.0. The number of aryl methyl sites for hydroxylation is 1. The van der Waals surface area contributed by atoms with Crippen molar-refractivity contribution in [2.75, 3.05) is 26.9 Å². The standard InChI is InChI=1S/C16H19NO6/c1-12-5-3-4-6-14(12)16(21)17(11-18)7-8-23-10-13(19)9-15(20)22-2/h3-6,11H,7-10H2,1-2H3. The summed E-state index contributed by atoms with van der Waals surface area (Å²) in [5, 5.41) is 0. The second kappa shape index (κ2) is 9.47. The van der Waals surface area contributed by atoms with Crippen LogP contribution in [-0.4, -0.2) is 55.8 Å². The van der Waals surface area contributed by atoms with Crippen molar-refractivity contribution in [1.29, 1.82) is 0 Å². The van der Waals surface area contributed by atoms with E-state index in [1.54, 1.807) is 31.2 Å². The Bertz CT molecular complexity index is 584. The van der Waals surface area contributed by atoms with E-state index >= 15 is 0 Å². The Morgan fingerprint density at radius 2 is 1.91 bits per heavy atom. The van der Waals surface area contributed by atoms with Crippen molar-refractivity contribution in [3.63, 3.8) is 0 Å². The largest absolute Gasteiger partial charge is 0.469 e. The zero-order valence-corrected chi connectivity index (χ0v) is 13.1. The van der Waals surface area contributed by atoms with Gasteiger partial charge in [0, 0.05) is 5.56 Å². The highest BCUT2D eigenvalue weighted by Gasteiger charge is 2.17. The number of ether oxygens (including phenoxy) is 2. The first kappa shape index (κ1) is 18.5. The summed E-state index contributed by atoms with van der Waals surface area (Å²) in [7, 11) is 1.19. The molecule has 2 amide bonds. The van der Waals surface area contributed by atoms with E-state index < -0.39 is 17.7 Å². The van der Waals surface area contributed by atoms with E-state index in [1.807, 2.05) is 0 Å². The molecule has 0 aliphatic heterocycles. The molecule has 0 saturated carbocycles. The molecule has 0 fully saturated rings. The fourth-order valence-corrected chi connectivity index (χ4v) is 1.80. The molecule has 0 radical (unpaired) electrons. The molecule has 0 saturated heterocycles. The second-order valence-corrected chi connectivity index (χ2v) is 4.76. The quantitative estimate of drug-likeness (QED) is 0.288. The van der Waals surface area contributed by atoms with E-state index in [2.05, 4.69) is 4.74 Å². The fraction of sp³-hybridized carbons (Fsp3) is 0.375. The SMILES string of the molecule is COC(=O)CC(=O)COCCN(C=O)C(=O)c1ccccc1C. The van der Waals surface area contributed by atoms with Gasteiger partial charge in [0.05, 0.1) is 20.3 Å². The van der Waals surface area contributed by atoms with E-state index in [0.717, 1.165) is 10.5 Å². The van der Waals surface area contributed by atoms with Crippen LogP contribution in [0.3, 0.4) is 0 Å².